The first-order chi connectivity index (χ1) is 6.29. The molecular weight excluding hydrogens is 160 g/mol. The zero-order valence-electron chi connectivity index (χ0n) is 9.16. The second-order valence-electron chi connectivity index (χ2n) is 3.77. The highest BCUT2D eigenvalue weighted by Gasteiger charge is 2.20. The number of nitrogens with zero attached hydrogens (tertiary/aromatic N) is 2. The molecule has 0 radical (unpaired) electrons. The Balaban J connectivity index is 2.30. The van der Waals surface area contributed by atoms with Gasteiger partial charge in [0.25, 0.3) is 0 Å². The van der Waals surface area contributed by atoms with Gasteiger partial charge in [0.15, 0.2) is 0 Å². The third-order valence-corrected chi connectivity index (χ3v) is 2.78. The van der Waals surface area contributed by atoms with Gasteiger partial charge < -0.3 is 9.80 Å². The topological polar surface area (TPSA) is 6.48 Å². The average Bonchev–Trinajstić information content (AvgIpc) is 2.48. The third kappa shape index (κ3) is 2.64. The van der Waals surface area contributed by atoms with E-state index in [2.05, 4.69) is 43.1 Å². The third-order valence-electron chi connectivity index (χ3n) is 2.78. The van der Waals surface area contributed by atoms with E-state index in [4.69, 9.17) is 0 Å². The smallest absolute Gasteiger partial charge is 0.100 e. The van der Waals surface area contributed by atoms with E-state index in [-0.39, 0.29) is 0 Å². The summed E-state index contributed by atoms with van der Waals surface area (Å²) in [5.41, 5.74) is 0. The zero-order chi connectivity index (χ0) is 9.68. The molecule has 1 atom stereocenters. The van der Waals surface area contributed by atoms with Crippen molar-refractivity contribution in [2.45, 2.75) is 45.7 Å². The lowest BCUT2D eigenvalue weighted by molar-refractivity contribution is 0.168. The predicted octanol–water partition coefficient (Wildman–Crippen LogP) is 2.63. The highest BCUT2D eigenvalue weighted by Crippen LogP contribution is 2.18. The number of hydrogen-bond acceptors (Lipinski definition) is 2. The van der Waals surface area contributed by atoms with Crippen LogP contribution in [-0.2, 0) is 0 Å². The maximum atomic E-state index is 2.41. The van der Waals surface area contributed by atoms with Gasteiger partial charge in [-0.05, 0) is 19.8 Å². The molecule has 76 valence electrons. The Bertz CT molecular complexity index is 165. The quantitative estimate of drug-likeness (QED) is 0.603. The van der Waals surface area contributed by atoms with Crippen LogP contribution in [0.25, 0.3) is 0 Å². The molecule has 0 saturated heterocycles. The van der Waals surface area contributed by atoms with Crippen molar-refractivity contribution in [2.75, 3.05) is 13.6 Å². The van der Waals surface area contributed by atoms with Gasteiger partial charge in [0, 0.05) is 26.0 Å². The molecule has 13 heavy (non-hydrogen) atoms. The fourth-order valence-electron chi connectivity index (χ4n) is 1.89. The zero-order valence-corrected chi connectivity index (χ0v) is 9.16. The minimum absolute atomic E-state index is 0.622. The maximum Gasteiger partial charge on any atom is 0.100 e. The number of unbranched alkanes of at least 4 members (excludes halogenated alkanes) is 2. The fourth-order valence-corrected chi connectivity index (χ4v) is 1.89. The highest BCUT2D eigenvalue weighted by molar-refractivity contribution is 4.94. The lowest BCUT2D eigenvalue weighted by atomic mass is 10.1. The van der Waals surface area contributed by atoms with E-state index >= 15 is 0 Å². The largest absolute Gasteiger partial charge is 0.359 e. The Morgan fingerprint density at radius 2 is 1.92 bits per heavy atom. The standard InChI is InChI=1S/C11H22N2/c1-4-6-7-8-11-12(3)9-10-13(11)5-2/h9-11H,4-8H2,1-3H3. The van der Waals surface area contributed by atoms with Crippen molar-refractivity contribution in [1.29, 1.82) is 0 Å². The van der Waals surface area contributed by atoms with Gasteiger partial charge in [0.1, 0.15) is 6.17 Å². The second kappa shape index (κ2) is 5.15. The first-order valence-electron chi connectivity index (χ1n) is 5.45. The van der Waals surface area contributed by atoms with Gasteiger partial charge in [0.2, 0.25) is 0 Å². The Hall–Kier alpha value is -0.660. The van der Waals surface area contributed by atoms with Gasteiger partial charge in [-0.15, -0.1) is 0 Å². The molecule has 0 amide bonds. The van der Waals surface area contributed by atoms with Crippen LogP contribution in [0.15, 0.2) is 12.4 Å². The van der Waals surface area contributed by atoms with Crippen molar-refractivity contribution in [1.82, 2.24) is 9.80 Å². The van der Waals surface area contributed by atoms with E-state index in [9.17, 15) is 0 Å². The van der Waals surface area contributed by atoms with Crippen LogP contribution >= 0.6 is 0 Å². The predicted molar refractivity (Wildman–Crippen MR) is 57.2 cm³/mol. The van der Waals surface area contributed by atoms with Crippen molar-refractivity contribution in [3.05, 3.63) is 12.4 Å². The summed E-state index contributed by atoms with van der Waals surface area (Å²) < 4.78 is 0. The minimum atomic E-state index is 0.622. The lowest BCUT2D eigenvalue weighted by Gasteiger charge is -2.29. The Labute approximate surface area is 82.2 Å². The SMILES string of the molecule is CCCCCC1N(C)C=CN1CC. The van der Waals surface area contributed by atoms with Crippen molar-refractivity contribution in [3.63, 3.8) is 0 Å². The molecular formula is C11H22N2. The summed E-state index contributed by atoms with van der Waals surface area (Å²) in [5, 5.41) is 0. The summed E-state index contributed by atoms with van der Waals surface area (Å²) in [7, 11) is 2.17. The summed E-state index contributed by atoms with van der Waals surface area (Å²) in [4.78, 5) is 4.73. The molecule has 0 aromatic rings. The van der Waals surface area contributed by atoms with E-state index in [1.165, 1.54) is 25.7 Å². The molecule has 0 saturated carbocycles. The summed E-state index contributed by atoms with van der Waals surface area (Å²) in [6, 6.07) is 0. The van der Waals surface area contributed by atoms with Crippen LogP contribution in [0, 0.1) is 0 Å². The summed E-state index contributed by atoms with van der Waals surface area (Å²) >= 11 is 0. The molecule has 1 aliphatic heterocycles. The normalized spacial score (nSPS) is 21.6. The van der Waals surface area contributed by atoms with Crippen LogP contribution in [0.5, 0.6) is 0 Å². The Morgan fingerprint density at radius 1 is 1.15 bits per heavy atom. The first-order valence-corrected chi connectivity index (χ1v) is 5.45. The molecule has 2 heteroatoms. The van der Waals surface area contributed by atoms with Crippen molar-refractivity contribution in [2.24, 2.45) is 0 Å². The number of hydrogen-bond donors (Lipinski definition) is 0. The van der Waals surface area contributed by atoms with Crippen LogP contribution in [0.4, 0.5) is 0 Å². The van der Waals surface area contributed by atoms with Crippen LogP contribution in [0.3, 0.4) is 0 Å². The van der Waals surface area contributed by atoms with Crippen molar-refractivity contribution in [3.8, 4) is 0 Å². The highest BCUT2D eigenvalue weighted by atomic mass is 15.4. The summed E-state index contributed by atoms with van der Waals surface area (Å²) in [6.07, 6.45) is 10.3. The average molecular weight is 182 g/mol. The molecule has 1 heterocycles. The minimum Gasteiger partial charge on any atom is -0.359 e. The van der Waals surface area contributed by atoms with Gasteiger partial charge >= 0.3 is 0 Å². The van der Waals surface area contributed by atoms with Crippen LogP contribution in [-0.4, -0.2) is 29.6 Å². The molecule has 1 aliphatic rings. The van der Waals surface area contributed by atoms with E-state index in [1.54, 1.807) is 0 Å². The number of rotatable bonds is 5. The van der Waals surface area contributed by atoms with Crippen LogP contribution in [0.1, 0.15) is 39.5 Å². The molecule has 2 nitrogen and oxygen atoms in total. The van der Waals surface area contributed by atoms with Gasteiger partial charge in [0.05, 0.1) is 0 Å². The summed E-state index contributed by atoms with van der Waals surface area (Å²) in [5.74, 6) is 0. The van der Waals surface area contributed by atoms with Gasteiger partial charge in [-0.25, -0.2) is 0 Å². The van der Waals surface area contributed by atoms with E-state index in [1.807, 2.05) is 0 Å². The molecule has 0 spiro atoms. The molecule has 1 rings (SSSR count). The molecule has 0 bridgehead atoms. The van der Waals surface area contributed by atoms with Gasteiger partial charge in [-0.1, -0.05) is 19.8 Å². The Morgan fingerprint density at radius 3 is 2.54 bits per heavy atom. The molecule has 0 fully saturated rings. The summed E-state index contributed by atoms with van der Waals surface area (Å²) in [6.45, 7) is 5.60. The molecule has 0 aromatic heterocycles. The monoisotopic (exact) mass is 182 g/mol. The van der Waals surface area contributed by atoms with E-state index in [0.29, 0.717) is 6.17 Å². The van der Waals surface area contributed by atoms with E-state index < -0.39 is 0 Å². The van der Waals surface area contributed by atoms with Crippen LogP contribution < -0.4 is 0 Å². The van der Waals surface area contributed by atoms with Gasteiger partial charge in [-0.3, -0.25) is 0 Å². The molecule has 0 aromatic carbocycles. The van der Waals surface area contributed by atoms with Crippen molar-refractivity contribution >= 4 is 0 Å². The Kier molecular flexibility index (Phi) is 4.13. The first kappa shape index (κ1) is 10.4. The van der Waals surface area contributed by atoms with Crippen molar-refractivity contribution < 1.29 is 0 Å². The lowest BCUT2D eigenvalue weighted by Crippen LogP contribution is -2.36. The van der Waals surface area contributed by atoms with Gasteiger partial charge in [-0.2, -0.15) is 0 Å². The molecule has 1 unspecified atom stereocenters. The van der Waals surface area contributed by atoms with Crippen LogP contribution in [0.2, 0.25) is 0 Å². The molecule has 0 N–H and O–H groups in total. The molecule has 0 aliphatic carbocycles. The maximum absolute atomic E-state index is 2.41. The fraction of sp³-hybridized carbons (Fsp3) is 0.818. The second-order valence-corrected chi connectivity index (χ2v) is 3.77. The van der Waals surface area contributed by atoms with E-state index in [0.717, 1.165) is 6.54 Å².